The lowest BCUT2D eigenvalue weighted by Gasteiger charge is -2.28. The van der Waals surface area contributed by atoms with E-state index in [1.54, 1.807) is 13.0 Å². The number of amides is 2. The molecule has 0 saturated carbocycles. The number of thioether (sulfide) groups is 2. The fraction of sp³-hybridized carbons (Fsp3) is 0.421. The Morgan fingerprint density at radius 1 is 1.18 bits per heavy atom. The van der Waals surface area contributed by atoms with Crippen molar-refractivity contribution in [3.63, 3.8) is 0 Å². The maximum Gasteiger partial charge on any atom is 0.235 e. The number of hydrogen-bond acceptors (Lipinski definition) is 7. The summed E-state index contributed by atoms with van der Waals surface area (Å²) in [6, 6.07) is 9.98. The van der Waals surface area contributed by atoms with Crippen LogP contribution in [0.25, 0.3) is 0 Å². The van der Waals surface area contributed by atoms with Crippen LogP contribution in [0.2, 0.25) is 0 Å². The highest BCUT2D eigenvalue weighted by Crippen LogP contribution is 2.19. The Labute approximate surface area is 173 Å². The zero-order chi connectivity index (χ0) is 19.8. The Kier molecular flexibility index (Phi) is 7.67. The maximum absolute atomic E-state index is 12.0. The van der Waals surface area contributed by atoms with Gasteiger partial charge in [0.15, 0.2) is 5.82 Å². The van der Waals surface area contributed by atoms with Gasteiger partial charge >= 0.3 is 0 Å². The van der Waals surface area contributed by atoms with E-state index < -0.39 is 0 Å². The van der Waals surface area contributed by atoms with Gasteiger partial charge in [-0.15, -0.1) is 11.8 Å². The van der Waals surface area contributed by atoms with E-state index in [0.717, 1.165) is 18.7 Å². The average molecular weight is 421 g/mol. The Balaban J connectivity index is 1.33. The minimum absolute atomic E-state index is 0.0905. The molecular formula is C19H24N4O3S2. The Morgan fingerprint density at radius 3 is 2.57 bits per heavy atom. The zero-order valence-corrected chi connectivity index (χ0v) is 17.4. The molecule has 0 unspecified atom stereocenters. The van der Waals surface area contributed by atoms with E-state index >= 15 is 0 Å². The number of nitrogens with one attached hydrogen (secondary N) is 2. The molecule has 1 fully saturated rings. The molecule has 0 spiro atoms. The lowest BCUT2D eigenvalue weighted by atomic mass is 10.2. The molecule has 2 amide bonds. The van der Waals surface area contributed by atoms with Crippen molar-refractivity contribution in [1.29, 1.82) is 0 Å². The average Bonchev–Trinajstić information content (AvgIpc) is 3.12. The molecule has 9 heteroatoms. The van der Waals surface area contributed by atoms with Gasteiger partial charge in [-0.1, -0.05) is 17.3 Å². The van der Waals surface area contributed by atoms with Crippen LogP contribution in [0, 0.1) is 6.92 Å². The second-order valence-corrected chi connectivity index (χ2v) is 8.62. The standard InChI is InChI=1S/C19H24N4O3S2/c1-14-10-17(22-26-14)21-19(25)13-28-12-18(24)20-11-15-2-4-16(5-3-15)23-6-8-27-9-7-23/h2-5,10H,6-9,11-13H2,1H3,(H,20,24)(H,21,22,25). The smallest absolute Gasteiger partial charge is 0.235 e. The monoisotopic (exact) mass is 420 g/mol. The molecule has 0 radical (unpaired) electrons. The molecule has 7 nitrogen and oxygen atoms in total. The van der Waals surface area contributed by atoms with E-state index in [1.807, 2.05) is 11.8 Å². The summed E-state index contributed by atoms with van der Waals surface area (Å²) in [5, 5.41) is 9.21. The molecule has 2 N–H and O–H groups in total. The van der Waals surface area contributed by atoms with Crippen LogP contribution in [-0.4, -0.2) is 53.1 Å². The van der Waals surface area contributed by atoms with Gasteiger partial charge in [0, 0.05) is 42.9 Å². The van der Waals surface area contributed by atoms with Gasteiger partial charge in [-0.2, -0.15) is 11.8 Å². The molecule has 1 saturated heterocycles. The van der Waals surface area contributed by atoms with Crippen molar-refractivity contribution in [1.82, 2.24) is 10.5 Å². The summed E-state index contributed by atoms with van der Waals surface area (Å²) < 4.78 is 4.88. The number of carbonyl (C=O) groups excluding carboxylic acids is 2. The number of rotatable bonds is 8. The van der Waals surface area contributed by atoms with Crippen LogP contribution in [0.4, 0.5) is 11.5 Å². The number of carbonyl (C=O) groups is 2. The minimum atomic E-state index is -0.210. The second kappa shape index (κ2) is 10.4. The SMILES string of the molecule is Cc1cc(NC(=O)CSCC(=O)NCc2ccc(N3CCSCC3)cc2)no1. The van der Waals surface area contributed by atoms with Gasteiger partial charge in [0.25, 0.3) is 0 Å². The first-order valence-electron chi connectivity index (χ1n) is 9.09. The van der Waals surface area contributed by atoms with Crippen molar-refractivity contribution < 1.29 is 14.1 Å². The van der Waals surface area contributed by atoms with E-state index in [9.17, 15) is 9.59 Å². The van der Waals surface area contributed by atoms with Crippen LogP contribution < -0.4 is 15.5 Å². The van der Waals surface area contributed by atoms with E-state index in [-0.39, 0.29) is 23.3 Å². The number of aryl methyl sites for hydroxylation is 1. The summed E-state index contributed by atoms with van der Waals surface area (Å²) in [5.41, 5.74) is 2.30. The first-order chi connectivity index (χ1) is 13.6. The largest absolute Gasteiger partial charge is 0.370 e. The molecule has 28 heavy (non-hydrogen) atoms. The molecule has 1 aromatic heterocycles. The summed E-state index contributed by atoms with van der Waals surface area (Å²) >= 11 is 3.25. The number of benzene rings is 1. The van der Waals surface area contributed by atoms with Crippen LogP contribution in [-0.2, 0) is 16.1 Å². The zero-order valence-electron chi connectivity index (χ0n) is 15.8. The molecule has 3 rings (SSSR count). The van der Waals surface area contributed by atoms with Crippen LogP contribution in [0.1, 0.15) is 11.3 Å². The highest BCUT2D eigenvalue weighted by atomic mass is 32.2. The molecule has 2 heterocycles. The van der Waals surface area contributed by atoms with Crippen LogP contribution >= 0.6 is 23.5 Å². The number of aromatic nitrogens is 1. The van der Waals surface area contributed by atoms with E-state index in [0.29, 0.717) is 18.1 Å². The summed E-state index contributed by atoms with van der Waals surface area (Å²) in [6.45, 7) is 4.41. The van der Waals surface area contributed by atoms with Crippen LogP contribution in [0.3, 0.4) is 0 Å². The molecule has 0 bridgehead atoms. The second-order valence-electron chi connectivity index (χ2n) is 6.41. The first-order valence-corrected chi connectivity index (χ1v) is 11.4. The van der Waals surface area contributed by atoms with Gasteiger partial charge in [-0.3, -0.25) is 9.59 Å². The van der Waals surface area contributed by atoms with E-state index in [2.05, 4.69) is 45.0 Å². The predicted molar refractivity (Wildman–Crippen MR) is 115 cm³/mol. The molecule has 1 aromatic carbocycles. The van der Waals surface area contributed by atoms with Crippen molar-refractivity contribution >= 4 is 46.8 Å². The Morgan fingerprint density at radius 2 is 1.89 bits per heavy atom. The highest BCUT2D eigenvalue weighted by Gasteiger charge is 2.11. The van der Waals surface area contributed by atoms with Crippen molar-refractivity contribution in [2.45, 2.75) is 13.5 Å². The fourth-order valence-electron chi connectivity index (χ4n) is 2.74. The van der Waals surface area contributed by atoms with E-state index in [4.69, 9.17) is 4.52 Å². The van der Waals surface area contributed by atoms with Crippen molar-refractivity contribution in [3.8, 4) is 0 Å². The lowest BCUT2D eigenvalue weighted by Crippen LogP contribution is -2.32. The molecule has 0 aliphatic carbocycles. The predicted octanol–water partition coefficient (Wildman–Crippen LogP) is 2.52. The van der Waals surface area contributed by atoms with Gasteiger partial charge in [0.2, 0.25) is 11.8 Å². The van der Waals surface area contributed by atoms with Gasteiger partial charge < -0.3 is 20.1 Å². The third-order valence-corrected chi connectivity index (χ3v) is 6.04. The fourth-order valence-corrected chi connectivity index (χ4v) is 4.29. The lowest BCUT2D eigenvalue weighted by molar-refractivity contribution is -0.118. The Bertz CT molecular complexity index is 789. The molecule has 2 aromatic rings. The first kappa shape index (κ1) is 20.6. The van der Waals surface area contributed by atoms with Gasteiger partial charge in [-0.25, -0.2) is 0 Å². The normalized spacial score (nSPS) is 14.0. The maximum atomic E-state index is 12.0. The third kappa shape index (κ3) is 6.49. The van der Waals surface area contributed by atoms with Crippen molar-refractivity contribution in [2.75, 3.05) is 46.3 Å². The van der Waals surface area contributed by atoms with Gasteiger partial charge in [0.1, 0.15) is 5.76 Å². The third-order valence-electron chi connectivity index (χ3n) is 4.16. The van der Waals surface area contributed by atoms with E-state index in [1.165, 1.54) is 29.0 Å². The number of hydrogen-bond donors (Lipinski definition) is 2. The van der Waals surface area contributed by atoms with Crippen molar-refractivity contribution in [3.05, 3.63) is 41.7 Å². The number of nitrogens with zero attached hydrogens (tertiary/aromatic N) is 2. The topological polar surface area (TPSA) is 87.5 Å². The summed E-state index contributed by atoms with van der Waals surface area (Å²) in [6.07, 6.45) is 0. The number of anilines is 2. The van der Waals surface area contributed by atoms with Gasteiger partial charge in [0.05, 0.1) is 11.5 Å². The summed E-state index contributed by atoms with van der Waals surface area (Å²) in [5.74, 6) is 3.48. The quantitative estimate of drug-likeness (QED) is 0.678. The highest BCUT2D eigenvalue weighted by molar-refractivity contribution is 8.00. The molecule has 0 atom stereocenters. The minimum Gasteiger partial charge on any atom is -0.370 e. The molecular weight excluding hydrogens is 396 g/mol. The van der Waals surface area contributed by atoms with Crippen LogP contribution in [0.5, 0.6) is 0 Å². The molecule has 150 valence electrons. The van der Waals surface area contributed by atoms with Crippen LogP contribution in [0.15, 0.2) is 34.9 Å². The summed E-state index contributed by atoms with van der Waals surface area (Å²) in [7, 11) is 0. The van der Waals surface area contributed by atoms with Gasteiger partial charge in [-0.05, 0) is 24.6 Å². The Hall–Kier alpha value is -2.13. The van der Waals surface area contributed by atoms with Crippen molar-refractivity contribution in [2.24, 2.45) is 0 Å². The summed E-state index contributed by atoms with van der Waals surface area (Å²) in [4.78, 5) is 26.2. The molecule has 1 aliphatic heterocycles. The molecule has 1 aliphatic rings.